The molecule has 2 atom stereocenters. The van der Waals surface area contributed by atoms with Gasteiger partial charge in [0, 0.05) is 12.8 Å². The summed E-state index contributed by atoms with van der Waals surface area (Å²) in [6, 6.07) is 2.50. The zero-order valence-corrected chi connectivity index (χ0v) is 12.4. The third-order valence-electron chi connectivity index (χ3n) is 5.95. The highest BCUT2D eigenvalue weighted by atomic mass is 16.7. The van der Waals surface area contributed by atoms with E-state index in [1.807, 2.05) is 0 Å². The van der Waals surface area contributed by atoms with Gasteiger partial charge >= 0.3 is 0 Å². The third-order valence-corrected chi connectivity index (χ3v) is 5.95. The normalized spacial score (nSPS) is 39.0. The summed E-state index contributed by atoms with van der Waals surface area (Å²) in [5.74, 6) is 0.125. The molecule has 2 saturated carbocycles. The van der Waals surface area contributed by atoms with Crippen LogP contribution in [0.2, 0.25) is 0 Å². The molecule has 3 rings (SSSR count). The van der Waals surface area contributed by atoms with Crippen molar-refractivity contribution >= 4 is 0 Å². The van der Waals surface area contributed by atoms with Crippen LogP contribution in [0.4, 0.5) is 0 Å². The van der Waals surface area contributed by atoms with Crippen LogP contribution in [0.3, 0.4) is 0 Å². The van der Waals surface area contributed by atoms with E-state index in [2.05, 4.69) is 13.0 Å². The fourth-order valence-corrected chi connectivity index (χ4v) is 4.43. The number of rotatable bonds is 2. The monoisotopic (exact) mass is 279 g/mol. The van der Waals surface area contributed by atoms with E-state index in [9.17, 15) is 10.4 Å². The van der Waals surface area contributed by atoms with Crippen LogP contribution in [0.5, 0.6) is 0 Å². The maximum atomic E-state index is 11.1. The van der Waals surface area contributed by atoms with E-state index in [0.29, 0.717) is 44.8 Å². The van der Waals surface area contributed by atoms with Crippen LogP contribution >= 0.6 is 0 Å². The highest BCUT2D eigenvalue weighted by molar-refractivity contribution is 5.16. The number of nitrogens with zero attached hydrogens (tertiary/aromatic N) is 1. The third kappa shape index (κ3) is 2.07. The summed E-state index contributed by atoms with van der Waals surface area (Å²) in [7, 11) is 0. The van der Waals surface area contributed by atoms with Crippen molar-refractivity contribution in [3.8, 4) is 6.07 Å². The van der Waals surface area contributed by atoms with Crippen LogP contribution in [0, 0.1) is 22.7 Å². The number of nitriles is 1. The van der Waals surface area contributed by atoms with Crippen LogP contribution < -0.4 is 0 Å². The molecule has 1 saturated heterocycles. The minimum Gasteiger partial charge on any atom is -0.388 e. The minimum absolute atomic E-state index is 0.467. The fourth-order valence-electron chi connectivity index (χ4n) is 4.43. The molecule has 2 unspecified atom stereocenters. The van der Waals surface area contributed by atoms with E-state index in [1.165, 1.54) is 0 Å². The predicted molar refractivity (Wildman–Crippen MR) is 73.7 cm³/mol. The van der Waals surface area contributed by atoms with E-state index in [4.69, 9.17) is 9.47 Å². The van der Waals surface area contributed by atoms with Crippen molar-refractivity contribution in [1.29, 1.82) is 5.26 Å². The molecule has 3 aliphatic rings. The van der Waals surface area contributed by atoms with E-state index in [-0.39, 0.29) is 0 Å². The van der Waals surface area contributed by atoms with Gasteiger partial charge in [-0.05, 0) is 38.0 Å². The van der Waals surface area contributed by atoms with Gasteiger partial charge in [0.05, 0.1) is 30.3 Å². The smallest absolute Gasteiger partial charge is 0.168 e. The van der Waals surface area contributed by atoms with Crippen molar-refractivity contribution in [2.45, 2.75) is 69.7 Å². The van der Waals surface area contributed by atoms with Gasteiger partial charge in [-0.2, -0.15) is 5.26 Å². The van der Waals surface area contributed by atoms with Crippen molar-refractivity contribution < 1.29 is 14.6 Å². The molecule has 1 N–H and O–H groups in total. The summed E-state index contributed by atoms with van der Waals surface area (Å²) in [5, 5.41) is 20.9. The first kappa shape index (κ1) is 14.3. The number of hydrogen-bond donors (Lipinski definition) is 1. The van der Waals surface area contributed by atoms with E-state index in [0.717, 1.165) is 25.7 Å². The second-order valence-corrected chi connectivity index (χ2v) is 6.85. The molecular formula is C16H25NO3. The zero-order chi connectivity index (χ0) is 14.3. The Balaban J connectivity index is 1.74. The van der Waals surface area contributed by atoms with Crippen molar-refractivity contribution in [3.63, 3.8) is 0 Å². The molecule has 1 heterocycles. The summed E-state index contributed by atoms with van der Waals surface area (Å²) >= 11 is 0. The number of ether oxygens (including phenoxy) is 2. The molecule has 0 bridgehead atoms. The van der Waals surface area contributed by atoms with Crippen molar-refractivity contribution in [2.75, 3.05) is 13.2 Å². The molecular weight excluding hydrogens is 254 g/mol. The summed E-state index contributed by atoms with van der Waals surface area (Å²) < 4.78 is 11.5. The quantitative estimate of drug-likeness (QED) is 0.844. The molecule has 3 fully saturated rings. The fraction of sp³-hybridized carbons (Fsp3) is 0.938. The van der Waals surface area contributed by atoms with Gasteiger partial charge in [0.25, 0.3) is 0 Å². The first-order valence-corrected chi connectivity index (χ1v) is 7.99. The Morgan fingerprint density at radius 2 is 1.80 bits per heavy atom. The Morgan fingerprint density at radius 1 is 1.15 bits per heavy atom. The molecule has 20 heavy (non-hydrogen) atoms. The predicted octanol–water partition coefficient (Wildman–Crippen LogP) is 2.75. The molecule has 0 aromatic carbocycles. The van der Waals surface area contributed by atoms with Gasteiger partial charge in [0.1, 0.15) is 0 Å². The van der Waals surface area contributed by atoms with Gasteiger partial charge in [-0.15, -0.1) is 0 Å². The molecule has 0 aromatic heterocycles. The Hall–Kier alpha value is -0.630. The Morgan fingerprint density at radius 3 is 2.30 bits per heavy atom. The second-order valence-electron chi connectivity index (χ2n) is 6.85. The van der Waals surface area contributed by atoms with Gasteiger partial charge in [-0.3, -0.25) is 0 Å². The lowest BCUT2D eigenvalue weighted by Crippen LogP contribution is -2.52. The molecule has 112 valence electrons. The lowest BCUT2D eigenvalue weighted by atomic mass is 9.63. The average Bonchev–Trinajstić information content (AvgIpc) is 3.11. The average molecular weight is 279 g/mol. The van der Waals surface area contributed by atoms with E-state index < -0.39 is 16.8 Å². The van der Waals surface area contributed by atoms with Crippen molar-refractivity contribution in [3.05, 3.63) is 0 Å². The maximum absolute atomic E-state index is 11.1. The van der Waals surface area contributed by atoms with Crippen LogP contribution in [0.25, 0.3) is 0 Å². The Labute approximate surface area is 121 Å². The summed E-state index contributed by atoms with van der Waals surface area (Å²) in [5.41, 5.74) is -1.40. The molecule has 1 spiro atoms. The SMILES string of the molecule is CCC1CCC(C#N)(C2(O)CCC3(CC2)OCCO3)C1. The number of aliphatic hydroxyl groups is 1. The largest absolute Gasteiger partial charge is 0.388 e. The van der Waals surface area contributed by atoms with Crippen molar-refractivity contribution in [1.82, 2.24) is 0 Å². The molecule has 0 amide bonds. The number of hydrogen-bond acceptors (Lipinski definition) is 4. The zero-order valence-electron chi connectivity index (χ0n) is 12.4. The summed E-state index contributed by atoms with van der Waals surface area (Å²) in [6.07, 6.45) is 6.54. The standard InChI is InChI=1S/C16H25NO3/c1-2-13-3-4-14(11-13,12-17)15(18)5-7-16(8-6-15)19-9-10-20-16/h13,18H,2-11H2,1H3. The molecule has 2 aliphatic carbocycles. The second kappa shape index (κ2) is 4.98. The van der Waals surface area contributed by atoms with E-state index in [1.54, 1.807) is 0 Å². The molecule has 0 radical (unpaired) electrons. The van der Waals surface area contributed by atoms with Crippen LogP contribution in [0.1, 0.15) is 58.3 Å². The maximum Gasteiger partial charge on any atom is 0.168 e. The molecule has 4 nitrogen and oxygen atoms in total. The lowest BCUT2D eigenvalue weighted by molar-refractivity contribution is -0.216. The van der Waals surface area contributed by atoms with Crippen LogP contribution in [-0.4, -0.2) is 29.7 Å². The van der Waals surface area contributed by atoms with Gasteiger partial charge < -0.3 is 14.6 Å². The Kier molecular flexibility index (Phi) is 3.56. The van der Waals surface area contributed by atoms with Gasteiger partial charge in [-0.1, -0.05) is 13.3 Å². The summed E-state index contributed by atoms with van der Waals surface area (Å²) in [6.45, 7) is 3.48. The van der Waals surface area contributed by atoms with Crippen LogP contribution in [0.15, 0.2) is 0 Å². The topological polar surface area (TPSA) is 62.5 Å². The highest BCUT2D eigenvalue weighted by Crippen LogP contribution is 2.56. The van der Waals surface area contributed by atoms with Gasteiger partial charge in [0.15, 0.2) is 5.79 Å². The first-order valence-electron chi connectivity index (χ1n) is 7.99. The molecule has 1 aliphatic heterocycles. The summed E-state index contributed by atoms with van der Waals surface area (Å²) in [4.78, 5) is 0. The highest BCUT2D eigenvalue weighted by Gasteiger charge is 2.58. The molecule has 4 heteroatoms. The van der Waals surface area contributed by atoms with Gasteiger partial charge in [0.2, 0.25) is 0 Å². The minimum atomic E-state index is -0.855. The first-order chi connectivity index (χ1) is 9.57. The lowest BCUT2D eigenvalue weighted by Gasteiger charge is -2.47. The van der Waals surface area contributed by atoms with Crippen LogP contribution in [-0.2, 0) is 9.47 Å². The molecule has 0 aromatic rings. The van der Waals surface area contributed by atoms with E-state index >= 15 is 0 Å². The van der Waals surface area contributed by atoms with Crippen molar-refractivity contribution in [2.24, 2.45) is 11.3 Å². The Bertz CT molecular complexity index is 400. The van der Waals surface area contributed by atoms with Gasteiger partial charge in [-0.25, -0.2) is 0 Å².